The number of rotatable bonds is 4. The fraction of sp³-hybridized carbons (Fsp3) is 0.455. The number of nitrogens with one attached hydrogen (secondary N) is 1. The van der Waals surface area contributed by atoms with Gasteiger partial charge in [0.25, 0.3) is 5.91 Å². The summed E-state index contributed by atoms with van der Waals surface area (Å²) in [5, 5.41) is 8.05. The van der Waals surface area contributed by atoms with Crippen molar-refractivity contribution in [2.24, 2.45) is 0 Å². The van der Waals surface area contributed by atoms with Crippen LogP contribution in [0.15, 0.2) is 34.9 Å². The first kappa shape index (κ1) is 19.3. The molecule has 2 aliphatic heterocycles. The van der Waals surface area contributed by atoms with Crippen LogP contribution in [0.3, 0.4) is 0 Å². The van der Waals surface area contributed by atoms with Crippen LogP contribution in [0.4, 0.5) is 4.39 Å². The first-order valence-electron chi connectivity index (χ1n) is 10.5. The van der Waals surface area contributed by atoms with Crippen LogP contribution in [0.25, 0.3) is 11.0 Å². The van der Waals surface area contributed by atoms with Gasteiger partial charge in [-0.3, -0.25) is 14.8 Å². The number of carbonyl (C=O) groups is 1. The molecule has 2 saturated heterocycles. The summed E-state index contributed by atoms with van der Waals surface area (Å²) in [5.74, 6) is 0.802. The van der Waals surface area contributed by atoms with E-state index in [1.165, 1.54) is 12.1 Å². The number of hydrogen-bond acceptors (Lipinski definition) is 5. The number of nitrogens with zero attached hydrogens (tertiary/aromatic N) is 3. The van der Waals surface area contributed by atoms with Gasteiger partial charge in [-0.2, -0.15) is 5.10 Å². The molecule has 1 N–H and O–H groups in total. The van der Waals surface area contributed by atoms with E-state index in [1.807, 2.05) is 11.0 Å². The number of H-pyrrole nitrogens is 1. The Morgan fingerprint density at radius 3 is 2.97 bits per heavy atom. The molecule has 2 fully saturated rings. The average molecular weight is 412 g/mol. The number of amides is 1. The lowest BCUT2D eigenvalue weighted by molar-refractivity contribution is 0.0301. The van der Waals surface area contributed by atoms with Crippen molar-refractivity contribution in [1.82, 2.24) is 20.0 Å². The number of aromatic nitrogens is 2. The standard InChI is InChI=1S/C22H25FN4O3/c23-17-3-4-20-16(10-17)11-18(30-20)14-26-5-1-2-15(13-26)21-19(12-24-25-21)22(28)27-6-8-29-9-7-27/h3-4,10-12,15H,1-2,5-9,13-14H2,(H,24,25)/t15-/m0/s1. The van der Waals surface area contributed by atoms with E-state index >= 15 is 0 Å². The van der Waals surface area contributed by atoms with Crippen molar-refractivity contribution in [3.63, 3.8) is 0 Å². The molecule has 1 atom stereocenters. The van der Waals surface area contributed by atoms with E-state index in [1.54, 1.807) is 12.3 Å². The monoisotopic (exact) mass is 412 g/mol. The molecule has 0 radical (unpaired) electrons. The van der Waals surface area contributed by atoms with Gasteiger partial charge in [0.2, 0.25) is 0 Å². The van der Waals surface area contributed by atoms with E-state index in [4.69, 9.17) is 9.15 Å². The van der Waals surface area contributed by atoms with Gasteiger partial charge in [-0.15, -0.1) is 0 Å². The van der Waals surface area contributed by atoms with Gasteiger partial charge >= 0.3 is 0 Å². The molecule has 1 amide bonds. The van der Waals surface area contributed by atoms with E-state index < -0.39 is 0 Å². The van der Waals surface area contributed by atoms with Crippen molar-refractivity contribution in [3.8, 4) is 0 Å². The summed E-state index contributed by atoms with van der Waals surface area (Å²) >= 11 is 0. The normalized spacial score (nSPS) is 20.7. The molecule has 2 aliphatic rings. The number of piperidine rings is 1. The number of hydrogen-bond donors (Lipinski definition) is 1. The molecule has 0 aliphatic carbocycles. The van der Waals surface area contributed by atoms with Gasteiger partial charge in [-0.25, -0.2) is 4.39 Å². The zero-order valence-corrected chi connectivity index (χ0v) is 16.8. The quantitative estimate of drug-likeness (QED) is 0.713. The number of aromatic amines is 1. The van der Waals surface area contributed by atoms with Gasteiger partial charge in [0.05, 0.1) is 37.2 Å². The minimum atomic E-state index is -0.260. The van der Waals surface area contributed by atoms with E-state index in [9.17, 15) is 9.18 Å². The van der Waals surface area contributed by atoms with Crippen molar-refractivity contribution < 1.29 is 18.3 Å². The molecule has 2 aromatic heterocycles. The number of fused-ring (bicyclic) bond motifs is 1. The number of likely N-dealkylation sites (tertiary alicyclic amines) is 1. The fourth-order valence-corrected chi connectivity index (χ4v) is 4.52. The topological polar surface area (TPSA) is 74.6 Å². The summed E-state index contributed by atoms with van der Waals surface area (Å²) in [5.41, 5.74) is 2.29. The summed E-state index contributed by atoms with van der Waals surface area (Å²) in [4.78, 5) is 17.1. The number of ether oxygens (including phenoxy) is 1. The Balaban J connectivity index is 1.29. The molecule has 1 aromatic carbocycles. The minimum absolute atomic E-state index is 0.0264. The highest BCUT2D eigenvalue weighted by Gasteiger charge is 2.29. The number of benzene rings is 1. The maximum absolute atomic E-state index is 13.5. The lowest BCUT2D eigenvalue weighted by atomic mass is 9.92. The maximum Gasteiger partial charge on any atom is 0.257 e. The van der Waals surface area contributed by atoms with Crippen LogP contribution in [0.1, 0.15) is 40.6 Å². The van der Waals surface area contributed by atoms with Gasteiger partial charge in [0, 0.05) is 30.9 Å². The molecule has 30 heavy (non-hydrogen) atoms. The van der Waals surface area contributed by atoms with Crippen molar-refractivity contribution in [1.29, 1.82) is 0 Å². The molecular weight excluding hydrogens is 387 g/mol. The molecule has 4 heterocycles. The van der Waals surface area contributed by atoms with Crippen LogP contribution < -0.4 is 0 Å². The Labute approximate surface area is 173 Å². The summed E-state index contributed by atoms with van der Waals surface area (Å²) in [6.07, 6.45) is 3.69. The average Bonchev–Trinajstić information content (AvgIpc) is 3.40. The van der Waals surface area contributed by atoms with E-state index in [0.29, 0.717) is 44.0 Å². The first-order chi connectivity index (χ1) is 14.7. The SMILES string of the molecule is O=C(c1cn[nH]c1[C@H]1CCCN(Cc2cc3cc(F)ccc3o2)C1)N1CCOCC1. The Morgan fingerprint density at radius 1 is 1.23 bits per heavy atom. The van der Waals surface area contributed by atoms with E-state index in [-0.39, 0.29) is 17.6 Å². The molecule has 5 rings (SSSR count). The van der Waals surface area contributed by atoms with E-state index in [0.717, 1.165) is 42.8 Å². The Bertz CT molecular complexity index is 1040. The van der Waals surface area contributed by atoms with Gasteiger partial charge in [-0.05, 0) is 43.7 Å². The summed E-state index contributed by atoms with van der Waals surface area (Å²) in [6.45, 7) is 4.84. The predicted octanol–water partition coefficient (Wildman–Crippen LogP) is 3.15. The van der Waals surface area contributed by atoms with Gasteiger partial charge in [0.15, 0.2) is 0 Å². The van der Waals surface area contributed by atoms with Crippen LogP contribution in [-0.2, 0) is 11.3 Å². The third-order valence-electron chi connectivity index (χ3n) is 6.02. The Hall–Kier alpha value is -2.71. The highest BCUT2D eigenvalue weighted by atomic mass is 19.1. The van der Waals surface area contributed by atoms with Crippen LogP contribution in [0, 0.1) is 5.82 Å². The lowest BCUT2D eigenvalue weighted by Gasteiger charge is -2.32. The molecule has 8 heteroatoms. The maximum atomic E-state index is 13.5. The smallest absolute Gasteiger partial charge is 0.257 e. The predicted molar refractivity (Wildman–Crippen MR) is 109 cm³/mol. The fourth-order valence-electron chi connectivity index (χ4n) is 4.52. The largest absolute Gasteiger partial charge is 0.460 e. The lowest BCUT2D eigenvalue weighted by Crippen LogP contribution is -2.41. The molecule has 0 saturated carbocycles. The second-order valence-electron chi connectivity index (χ2n) is 8.07. The zero-order valence-electron chi connectivity index (χ0n) is 16.8. The highest BCUT2D eigenvalue weighted by Crippen LogP contribution is 2.30. The summed E-state index contributed by atoms with van der Waals surface area (Å²) in [6, 6.07) is 6.49. The Kier molecular flexibility index (Phi) is 5.26. The summed E-state index contributed by atoms with van der Waals surface area (Å²) < 4.78 is 24.7. The van der Waals surface area contributed by atoms with Gasteiger partial charge < -0.3 is 14.1 Å². The minimum Gasteiger partial charge on any atom is -0.460 e. The van der Waals surface area contributed by atoms with Crippen molar-refractivity contribution in [3.05, 3.63) is 53.3 Å². The van der Waals surface area contributed by atoms with Crippen LogP contribution >= 0.6 is 0 Å². The van der Waals surface area contributed by atoms with Crippen molar-refractivity contribution in [2.45, 2.75) is 25.3 Å². The molecule has 3 aromatic rings. The third kappa shape index (κ3) is 3.85. The molecule has 0 spiro atoms. The van der Waals surface area contributed by atoms with Crippen LogP contribution in [0.5, 0.6) is 0 Å². The number of furan rings is 1. The Morgan fingerprint density at radius 2 is 2.10 bits per heavy atom. The van der Waals surface area contributed by atoms with Gasteiger partial charge in [-0.1, -0.05) is 0 Å². The summed E-state index contributed by atoms with van der Waals surface area (Å²) in [7, 11) is 0. The van der Waals surface area contributed by atoms with Crippen molar-refractivity contribution in [2.75, 3.05) is 39.4 Å². The molecule has 158 valence electrons. The number of carbonyl (C=O) groups excluding carboxylic acids is 1. The van der Waals surface area contributed by atoms with Crippen LogP contribution in [0.2, 0.25) is 0 Å². The van der Waals surface area contributed by atoms with Gasteiger partial charge in [0.1, 0.15) is 17.2 Å². The number of halogens is 1. The molecule has 0 unspecified atom stereocenters. The zero-order chi connectivity index (χ0) is 20.5. The van der Waals surface area contributed by atoms with Crippen molar-refractivity contribution >= 4 is 16.9 Å². The molecule has 7 nitrogen and oxygen atoms in total. The highest BCUT2D eigenvalue weighted by molar-refractivity contribution is 5.95. The molecule has 0 bridgehead atoms. The second-order valence-corrected chi connectivity index (χ2v) is 8.07. The molecular formula is C22H25FN4O3. The first-order valence-corrected chi connectivity index (χ1v) is 10.5. The second kappa shape index (κ2) is 8.20. The third-order valence-corrected chi connectivity index (χ3v) is 6.02. The number of morpholine rings is 1. The van der Waals surface area contributed by atoms with E-state index in [2.05, 4.69) is 15.1 Å². The van der Waals surface area contributed by atoms with Crippen LogP contribution in [-0.4, -0.2) is 65.3 Å².